The number of ketones is 1. The second kappa shape index (κ2) is 6.11. The Morgan fingerprint density at radius 3 is 2.62 bits per heavy atom. The Labute approximate surface area is 130 Å². The lowest BCUT2D eigenvalue weighted by Crippen LogP contribution is -1.99. The van der Waals surface area contributed by atoms with Gasteiger partial charge in [-0.05, 0) is 35.1 Å². The van der Waals surface area contributed by atoms with Gasteiger partial charge in [-0.3, -0.25) is 9.78 Å². The molecular weight excluding hydrogens is 306 g/mol. The summed E-state index contributed by atoms with van der Waals surface area (Å²) in [6.07, 6.45) is 8.52. The molecule has 0 saturated carbocycles. The Morgan fingerprint density at radius 1 is 1.05 bits per heavy atom. The molecule has 104 valence electrons. The van der Waals surface area contributed by atoms with E-state index >= 15 is 0 Å². The van der Waals surface area contributed by atoms with E-state index in [4.69, 9.17) is 11.6 Å². The lowest BCUT2D eigenvalue weighted by molar-refractivity contribution is 0.104. The van der Waals surface area contributed by atoms with E-state index in [0.717, 1.165) is 11.1 Å². The molecular formula is C15H10ClN3OS. The van der Waals surface area contributed by atoms with Gasteiger partial charge in [0.05, 0.1) is 15.5 Å². The maximum Gasteiger partial charge on any atom is 0.206 e. The van der Waals surface area contributed by atoms with Crippen LogP contribution in [0.15, 0.2) is 48.6 Å². The fourth-order valence-electron chi connectivity index (χ4n) is 1.93. The van der Waals surface area contributed by atoms with Gasteiger partial charge in [0.2, 0.25) is 5.78 Å². The molecule has 0 spiro atoms. The molecule has 0 aliphatic carbocycles. The highest BCUT2D eigenvalue weighted by atomic mass is 35.5. The summed E-state index contributed by atoms with van der Waals surface area (Å²) >= 11 is 7.34. The first-order chi connectivity index (χ1) is 10.2. The van der Waals surface area contributed by atoms with Crippen molar-refractivity contribution in [2.75, 3.05) is 0 Å². The number of hydrogen-bond donors (Lipinski definition) is 0. The first-order valence-corrected chi connectivity index (χ1v) is 7.44. The zero-order valence-electron chi connectivity index (χ0n) is 10.9. The van der Waals surface area contributed by atoms with Crippen molar-refractivity contribution in [1.82, 2.24) is 15.0 Å². The van der Waals surface area contributed by atoms with Gasteiger partial charge >= 0.3 is 0 Å². The minimum atomic E-state index is -0.0592. The van der Waals surface area contributed by atoms with Gasteiger partial charge in [-0.1, -0.05) is 11.6 Å². The van der Waals surface area contributed by atoms with Gasteiger partial charge in [-0.25, -0.2) is 9.97 Å². The summed E-state index contributed by atoms with van der Waals surface area (Å²) in [5, 5.41) is 2.58. The third kappa shape index (κ3) is 3.32. The summed E-state index contributed by atoms with van der Waals surface area (Å²) in [6, 6.07) is 3.76. The molecule has 0 saturated heterocycles. The summed E-state index contributed by atoms with van der Waals surface area (Å²) in [5.74, 6) is -0.0592. The lowest BCUT2D eigenvalue weighted by atomic mass is 10.1. The van der Waals surface area contributed by atoms with Crippen LogP contribution in [0.5, 0.6) is 0 Å². The van der Waals surface area contributed by atoms with E-state index in [2.05, 4.69) is 15.0 Å². The molecule has 21 heavy (non-hydrogen) atoms. The van der Waals surface area contributed by atoms with Crippen LogP contribution in [0.4, 0.5) is 0 Å². The lowest BCUT2D eigenvalue weighted by Gasteiger charge is -1.98. The summed E-state index contributed by atoms with van der Waals surface area (Å²) in [7, 11) is 0. The maximum absolute atomic E-state index is 12.3. The minimum absolute atomic E-state index is 0.0592. The number of aromatic nitrogens is 3. The third-order valence-electron chi connectivity index (χ3n) is 2.87. The number of halogens is 1. The van der Waals surface area contributed by atoms with Gasteiger partial charge in [-0.15, -0.1) is 11.3 Å². The molecule has 0 aliphatic rings. The van der Waals surface area contributed by atoms with Crippen LogP contribution in [0.1, 0.15) is 26.4 Å². The molecule has 0 bridgehead atoms. The van der Waals surface area contributed by atoms with Crippen molar-refractivity contribution in [3.8, 4) is 0 Å². The Balaban J connectivity index is 1.79. The molecule has 3 rings (SSSR count). The highest BCUT2D eigenvalue weighted by molar-refractivity contribution is 7.12. The molecule has 4 nitrogen and oxygen atoms in total. The van der Waals surface area contributed by atoms with E-state index in [1.54, 1.807) is 12.4 Å². The Bertz CT molecular complexity index is 773. The smallest absolute Gasteiger partial charge is 0.206 e. The molecule has 0 N–H and O–H groups in total. The third-order valence-corrected chi connectivity index (χ3v) is 4.05. The van der Waals surface area contributed by atoms with Crippen LogP contribution in [0, 0.1) is 0 Å². The number of hydrogen-bond acceptors (Lipinski definition) is 5. The Morgan fingerprint density at radius 2 is 1.86 bits per heavy atom. The number of carbonyl (C=O) groups excluding carboxylic acids is 1. The normalized spacial score (nSPS) is 10.5. The predicted molar refractivity (Wildman–Crippen MR) is 81.8 cm³/mol. The van der Waals surface area contributed by atoms with Gasteiger partial charge in [0.1, 0.15) is 6.33 Å². The first-order valence-electron chi connectivity index (χ1n) is 6.19. The van der Waals surface area contributed by atoms with Gasteiger partial charge in [0.15, 0.2) is 0 Å². The molecule has 0 fully saturated rings. The average molecular weight is 316 g/mol. The standard InChI is InChI=1S/C15H10ClN3OS/c16-13-2-10(4-17-7-13)1-11-3-14(21-8-11)15(20)12-5-18-9-19-6-12/h2-9H,1H2. The van der Waals surface area contributed by atoms with Crippen LogP contribution in [-0.4, -0.2) is 20.7 Å². The van der Waals surface area contributed by atoms with Crippen molar-refractivity contribution in [1.29, 1.82) is 0 Å². The summed E-state index contributed by atoms with van der Waals surface area (Å²) < 4.78 is 0. The predicted octanol–water partition coefficient (Wildman–Crippen LogP) is 3.41. The van der Waals surface area contributed by atoms with Crippen molar-refractivity contribution in [3.63, 3.8) is 0 Å². The van der Waals surface area contributed by atoms with E-state index in [-0.39, 0.29) is 5.78 Å². The quantitative estimate of drug-likeness (QED) is 0.692. The van der Waals surface area contributed by atoms with Crippen LogP contribution in [0.3, 0.4) is 0 Å². The largest absolute Gasteiger partial charge is 0.288 e. The molecule has 3 aromatic heterocycles. The van der Waals surface area contributed by atoms with Gasteiger partial charge in [0, 0.05) is 24.8 Å². The van der Waals surface area contributed by atoms with E-state index in [9.17, 15) is 4.79 Å². The van der Waals surface area contributed by atoms with Crippen LogP contribution in [-0.2, 0) is 6.42 Å². The SMILES string of the molecule is O=C(c1cncnc1)c1cc(Cc2cncc(Cl)c2)cs1. The topological polar surface area (TPSA) is 55.7 Å². The van der Waals surface area contributed by atoms with Crippen LogP contribution in [0.25, 0.3) is 0 Å². The molecule has 0 radical (unpaired) electrons. The molecule has 0 amide bonds. The summed E-state index contributed by atoms with van der Waals surface area (Å²) in [5.41, 5.74) is 2.57. The van der Waals surface area contributed by atoms with Crippen molar-refractivity contribution >= 4 is 28.7 Å². The van der Waals surface area contributed by atoms with Crippen molar-refractivity contribution in [2.45, 2.75) is 6.42 Å². The van der Waals surface area contributed by atoms with Gasteiger partial charge < -0.3 is 0 Å². The molecule has 3 aromatic rings. The molecule has 0 atom stereocenters. The summed E-state index contributed by atoms with van der Waals surface area (Å²) in [4.78, 5) is 24.7. The van der Waals surface area contributed by atoms with Crippen molar-refractivity contribution in [3.05, 3.63) is 75.2 Å². The fourth-order valence-corrected chi connectivity index (χ4v) is 3.00. The minimum Gasteiger partial charge on any atom is -0.288 e. The highest BCUT2D eigenvalue weighted by Gasteiger charge is 2.12. The van der Waals surface area contributed by atoms with E-state index in [0.29, 0.717) is 21.9 Å². The molecule has 0 unspecified atom stereocenters. The summed E-state index contributed by atoms with van der Waals surface area (Å²) in [6.45, 7) is 0. The van der Waals surface area contributed by atoms with Crippen LogP contribution >= 0.6 is 22.9 Å². The Kier molecular flexibility index (Phi) is 4.03. The molecule has 3 heterocycles. The fraction of sp³-hybridized carbons (Fsp3) is 0.0667. The molecule has 6 heteroatoms. The molecule has 0 aliphatic heterocycles. The monoisotopic (exact) mass is 315 g/mol. The van der Waals surface area contributed by atoms with Crippen LogP contribution in [0.2, 0.25) is 5.02 Å². The van der Waals surface area contributed by atoms with Gasteiger partial charge in [-0.2, -0.15) is 0 Å². The van der Waals surface area contributed by atoms with E-state index in [1.807, 2.05) is 17.5 Å². The number of rotatable bonds is 4. The second-order valence-corrected chi connectivity index (χ2v) is 5.81. The average Bonchev–Trinajstić information content (AvgIpc) is 2.96. The highest BCUT2D eigenvalue weighted by Crippen LogP contribution is 2.21. The number of thiophene rings is 1. The maximum atomic E-state index is 12.3. The van der Waals surface area contributed by atoms with Crippen molar-refractivity contribution in [2.24, 2.45) is 0 Å². The van der Waals surface area contributed by atoms with E-state index < -0.39 is 0 Å². The van der Waals surface area contributed by atoms with Crippen molar-refractivity contribution < 1.29 is 4.79 Å². The van der Waals surface area contributed by atoms with Gasteiger partial charge in [0.25, 0.3) is 0 Å². The first kappa shape index (κ1) is 13.9. The molecule has 0 aromatic carbocycles. The zero-order chi connectivity index (χ0) is 14.7. The number of pyridine rings is 1. The number of nitrogens with zero attached hydrogens (tertiary/aromatic N) is 3. The Hall–Kier alpha value is -2.11. The number of carbonyl (C=O) groups is 1. The van der Waals surface area contributed by atoms with Crippen LogP contribution < -0.4 is 0 Å². The second-order valence-electron chi connectivity index (χ2n) is 4.46. The zero-order valence-corrected chi connectivity index (χ0v) is 12.4. The van der Waals surface area contributed by atoms with E-state index in [1.165, 1.54) is 30.1 Å².